The second-order valence-electron chi connectivity index (χ2n) is 6.64. The third-order valence-electron chi connectivity index (χ3n) is 4.53. The Hall–Kier alpha value is -2.62. The van der Waals surface area contributed by atoms with Crippen LogP contribution in [-0.4, -0.2) is 44.2 Å². The Kier molecular flexibility index (Phi) is 5.49. The number of carbonyl (C=O) groups excluding carboxylic acids is 1. The van der Waals surface area contributed by atoms with Crippen molar-refractivity contribution in [3.05, 3.63) is 59.7 Å². The number of benzene rings is 2. The Morgan fingerprint density at radius 2 is 1.60 bits per heavy atom. The summed E-state index contributed by atoms with van der Waals surface area (Å²) in [6.45, 7) is 1.75. The number of piperidine rings is 1. The summed E-state index contributed by atoms with van der Waals surface area (Å²) in [6, 6.07) is 15.8. The van der Waals surface area contributed by atoms with Crippen LogP contribution >= 0.6 is 0 Å². The first kappa shape index (κ1) is 17.2. The van der Waals surface area contributed by atoms with Crippen molar-refractivity contribution in [3.8, 4) is 0 Å². The molecule has 1 aliphatic rings. The Morgan fingerprint density at radius 3 is 2.20 bits per heavy atom. The number of carbonyl (C=O) groups is 1. The van der Waals surface area contributed by atoms with Crippen molar-refractivity contribution in [2.45, 2.75) is 19.3 Å². The third kappa shape index (κ3) is 4.47. The molecule has 1 saturated heterocycles. The van der Waals surface area contributed by atoms with Crippen molar-refractivity contribution in [3.63, 3.8) is 0 Å². The molecule has 0 saturated carbocycles. The van der Waals surface area contributed by atoms with Gasteiger partial charge in [-0.2, -0.15) is 0 Å². The van der Waals surface area contributed by atoms with E-state index in [1.165, 1.54) is 6.42 Å². The molecule has 0 unspecified atom stereocenters. The first-order valence-corrected chi connectivity index (χ1v) is 8.84. The van der Waals surface area contributed by atoms with Crippen LogP contribution in [0.2, 0.25) is 0 Å². The second kappa shape index (κ2) is 7.97. The van der Waals surface area contributed by atoms with Gasteiger partial charge in [0.2, 0.25) is 0 Å². The van der Waals surface area contributed by atoms with Crippen LogP contribution in [0.1, 0.15) is 35.2 Å². The van der Waals surface area contributed by atoms with E-state index in [1.54, 1.807) is 0 Å². The summed E-state index contributed by atoms with van der Waals surface area (Å²) in [5, 5.41) is 0. The SMILES string of the molecule is CN(C)c1ccc(C=Nc2ccc(C(=O)N3CCCCC3)cc2)cc1. The summed E-state index contributed by atoms with van der Waals surface area (Å²) in [6.07, 6.45) is 5.30. The highest BCUT2D eigenvalue weighted by molar-refractivity contribution is 5.94. The molecule has 4 nitrogen and oxygen atoms in total. The molecule has 25 heavy (non-hydrogen) atoms. The minimum atomic E-state index is 0.134. The molecule has 2 aromatic rings. The van der Waals surface area contributed by atoms with Crippen molar-refractivity contribution < 1.29 is 4.79 Å². The minimum Gasteiger partial charge on any atom is -0.378 e. The Bertz CT molecular complexity index is 727. The lowest BCUT2D eigenvalue weighted by Crippen LogP contribution is -2.35. The minimum absolute atomic E-state index is 0.134. The van der Waals surface area contributed by atoms with Gasteiger partial charge in [-0.25, -0.2) is 0 Å². The van der Waals surface area contributed by atoms with E-state index in [0.29, 0.717) is 0 Å². The number of amides is 1. The zero-order chi connectivity index (χ0) is 17.6. The van der Waals surface area contributed by atoms with E-state index in [2.05, 4.69) is 22.0 Å². The second-order valence-corrected chi connectivity index (χ2v) is 6.64. The van der Waals surface area contributed by atoms with Gasteiger partial charge in [-0.3, -0.25) is 9.79 Å². The number of nitrogens with zero attached hydrogens (tertiary/aromatic N) is 3. The van der Waals surface area contributed by atoms with Gasteiger partial charge >= 0.3 is 0 Å². The zero-order valence-corrected chi connectivity index (χ0v) is 15.0. The van der Waals surface area contributed by atoms with Crippen molar-refractivity contribution in [1.82, 2.24) is 4.90 Å². The van der Waals surface area contributed by atoms with Crippen LogP contribution < -0.4 is 4.90 Å². The molecule has 1 aliphatic heterocycles. The van der Waals surface area contributed by atoms with Gasteiger partial charge in [-0.1, -0.05) is 12.1 Å². The Labute approximate surface area is 149 Å². The predicted octanol–water partition coefficient (Wildman–Crippen LogP) is 4.13. The maximum atomic E-state index is 12.5. The number of aliphatic imine (C=N–C) groups is 1. The summed E-state index contributed by atoms with van der Waals surface area (Å²) >= 11 is 0. The summed E-state index contributed by atoms with van der Waals surface area (Å²) < 4.78 is 0. The van der Waals surface area contributed by atoms with Gasteiger partial charge in [0.1, 0.15) is 0 Å². The van der Waals surface area contributed by atoms with E-state index in [4.69, 9.17) is 0 Å². The molecule has 3 rings (SSSR count). The molecule has 4 heteroatoms. The van der Waals surface area contributed by atoms with Gasteiger partial charge in [-0.15, -0.1) is 0 Å². The molecule has 0 radical (unpaired) electrons. The van der Waals surface area contributed by atoms with Gasteiger partial charge in [0.15, 0.2) is 0 Å². The normalized spacial score (nSPS) is 14.7. The van der Waals surface area contributed by atoms with Crippen molar-refractivity contribution >= 4 is 23.5 Å². The van der Waals surface area contributed by atoms with Crippen LogP contribution in [0, 0.1) is 0 Å². The molecule has 0 atom stereocenters. The van der Waals surface area contributed by atoms with Gasteiger partial charge in [0.25, 0.3) is 5.91 Å². The molecule has 0 spiro atoms. The molecule has 130 valence electrons. The van der Waals surface area contributed by atoms with E-state index in [0.717, 1.165) is 48.4 Å². The molecule has 2 aromatic carbocycles. The average Bonchev–Trinajstić information content (AvgIpc) is 2.67. The fraction of sp³-hybridized carbons (Fsp3) is 0.333. The lowest BCUT2D eigenvalue weighted by Gasteiger charge is -2.26. The monoisotopic (exact) mass is 335 g/mol. The molecular formula is C21H25N3O. The molecule has 1 amide bonds. The van der Waals surface area contributed by atoms with E-state index >= 15 is 0 Å². The lowest BCUT2D eigenvalue weighted by atomic mass is 10.1. The van der Waals surface area contributed by atoms with E-state index in [-0.39, 0.29) is 5.91 Å². The van der Waals surface area contributed by atoms with Gasteiger partial charge in [0, 0.05) is 44.7 Å². The summed E-state index contributed by atoms with van der Waals surface area (Å²) in [4.78, 5) is 21.0. The first-order valence-electron chi connectivity index (χ1n) is 8.84. The number of hydrogen-bond donors (Lipinski definition) is 0. The molecule has 0 bridgehead atoms. The molecular weight excluding hydrogens is 310 g/mol. The Morgan fingerprint density at radius 1 is 0.960 bits per heavy atom. The first-order chi connectivity index (χ1) is 12.1. The standard InChI is InChI=1S/C21H25N3O/c1-23(2)20-12-6-17(7-13-20)16-22-19-10-8-18(9-11-19)21(25)24-14-4-3-5-15-24/h6-13,16H,3-5,14-15H2,1-2H3. The highest BCUT2D eigenvalue weighted by Gasteiger charge is 2.17. The van der Waals surface area contributed by atoms with E-state index < -0.39 is 0 Å². The van der Waals surface area contributed by atoms with Crippen LogP contribution in [0.3, 0.4) is 0 Å². The molecule has 1 heterocycles. The zero-order valence-electron chi connectivity index (χ0n) is 15.0. The maximum Gasteiger partial charge on any atom is 0.253 e. The number of hydrogen-bond acceptors (Lipinski definition) is 3. The van der Waals surface area contributed by atoms with Crippen LogP contribution in [0.4, 0.5) is 11.4 Å². The van der Waals surface area contributed by atoms with Crippen molar-refractivity contribution in [2.75, 3.05) is 32.1 Å². The van der Waals surface area contributed by atoms with Crippen LogP contribution in [-0.2, 0) is 0 Å². The van der Waals surface area contributed by atoms with Crippen LogP contribution in [0.15, 0.2) is 53.5 Å². The predicted molar refractivity (Wildman–Crippen MR) is 104 cm³/mol. The van der Waals surface area contributed by atoms with Gasteiger partial charge < -0.3 is 9.80 Å². The Balaban J connectivity index is 1.64. The fourth-order valence-corrected chi connectivity index (χ4v) is 2.98. The van der Waals surface area contributed by atoms with Crippen molar-refractivity contribution in [2.24, 2.45) is 4.99 Å². The fourth-order valence-electron chi connectivity index (χ4n) is 2.98. The number of likely N-dealkylation sites (tertiary alicyclic amines) is 1. The quantitative estimate of drug-likeness (QED) is 0.788. The average molecular weight is 335 g/mol. The van der Waals surface area contributed by atoms with E-state index in [1.807, 2.05) is 61.6 Å². The smallest absolute Gasteiger partial charge is 0.253 e. The third-order valence-corrected chi connectivity index (χ3v) is 4.53. The number of rotatable bonds is 4. The summed E-state index contributed by atoms with van der Waals surface area (Å²) in [7, 11) is 4.05. The van der Waals surface area contributed by atoms with Crippen LogP contribution in [0.5, 0.6) is 0 Å². The van der Waals surface area contributed by atoms with E-state index in [9.17, 15) is 4.79 Å². The number of anilines is 1. The largest absolute Gasteiger partial charge is 0.378 e. The summed E-state index contributed by atoms with van der Waals surface area (Å²) in [5.41, 5.74) is 3.82. The molecule has 0 aromatic heterocycles. The maximum absolute atomic E-state index is 12.5. The van der Waals surface area contributed by atoms with Gasteiger partial charge in [0.05, 0.1) is 5.69 Å². The molecule has 0 N–H and O–H groups in total. The van der Waals surface area contributed by atoms with Gasteiger partial charge in [-0.05, 0) is 61.2 Å². The molecule has 0 aliphatic carbocycles. The molecule has 1 fully saturated rings. The summed E-state index contributed by atoms with van der Waals surface area (Å²) in [5.74, 6) is 0.134. The topological polar surface area (TPSA) is 35.9 Å². The van der Waals surface area contributed by atoms with Crippen LogP contribution in [0.25, 0.3) is 0 Å². The highest BCUT2D eigenvalue weighted by Crippen LogP contribution is 2.17. The lowest BCUT2D eigenvalue weighted by molar-refractivity contribution is 0.0724. The highest BCUT2D eigenvalue weighted by atomic mass is 16.2. The van der Waals surface area contributed by atoms with Crippen molar-refractivity contribution in [1.29, 1.82) is 0 Å².